The molecular weight excluding hydrogens is 234 g/mol. The third-order valence-electron chi connectivity index (χ3n) is 3.52. The second kappa shape index (κ2) is 4.36. The number of rotatable bonds is 3. The maximum atomic E-state index is 10.9. The summed E-state index contributed by atoms with van der Waals surface area (Å²) in [6, 6.07) is 2.32. The molecule has 1 aliphatic rings. The van der Waals surface area contributed by atoms with E-state index in [1.807, 2.05) is 0 Å². The largest absolute Gasteiger partial charge is 0.481 e. The fraction of sp³-hybridized carbons (Fsp3) is 0.727. The van der Waals surface area contributed by atoms with Gasteiger partial charge in [0.15, 0.2) is 0 Å². The van der Waals surface area contributed by atoms with Gasteiger partial charge in [-0.2, -0.15) is 0 Å². The van der Waals surface area contributed by atoms with Crippen molar-refractivity contribution in [3.8, 4) is 12.3 Å². The smallest absolute Gasteiger partial charge is 0.305 e. The van der Waals surface area contributed by atoms with Crippen LogP contribution in [0.3, 0.4) is 0 Å². The van der Waals surface area contributed by atoms with E-state index in [-0.39, 0.29) is 12.5 Å². The summed E-state index contributed by atoms with van der Waals surface area (Å²) in [5.74, 6) is 1.91. The van der Waals surface area contributed by atoms with Crippen LogP contribution in [0.15, 0.2) is 0 Å². The van der Waals surface area contributed by atoms with E-state index in [1.165, 1.54) is 12.1 Å². The molecule has 1 saturated heterocycles. The first-order chi connectivity index (χ1) is 7.20. The quantitative estimate of drug-likeness (QED) is 0.621. The molecule has 1 N–H and O–H groups in total. The Labute approximate surface area is 100 Å². The fourth-order valence-corrected chi connectivity index (χ4v) is 17.5. The van der Waals surface area contributed by atoms with Crippen LogP contribution in [0.2, 0.25) is 38.3 Å². The van der Waals surface area contributed by atoms with Gasteiger partial charge in [0.1, 0.15) is 16.5 Å². The van der Waals surface area contributed by atoms with Gasteiger partial charge in [0, 0.05) is 0 Å². The van der Waals surface area contributed by atoms with E-state index in [2.05, 4.69) is 36.3 Å². The Balaban J connectivity index is 2.98. The molecule has 0 aromatic heterocycles. The first kappa shape index (κ1) is 13.5. The molecule has 0 aromatic rings. The summed E-state index contributed by atoms with van der Waals surface area (Å²) in [5, 5.41) is 8.92. The lowest BCUT2D eigenvalue weighted by Crippen LogP contribution is -2.59. The number of hydrogen-bond donors (Lipinski definition) is 1. The van der Waals surface area contributed by atoms with Crippen molar-refractivity contribution in [3.63, 3.8) is 0 Å². The van der Waals surface area contributed by atoms with Gasteiger partial charge in [-0.15, -0.1) is 6.42 Å². The average molecular weight is 255 g/mol. The highest BCUT2D eigenvalue weighted by molar-refractivity contribution is 6.95. The van der Waals surface area contributed by atoms with Crippen molar-refractivity contribution in [1.82, 2.24) is 4.23 Å². The summed E-state index contributed by atoms with van der Waals surface area (Å²) in [6.45, 7) is 9.23. The third-order valence-corrected chi connectivity index (χ3v) is 13.8. The lowest BCUT2D eigenvalue weighted by Gasteiger charge is -2.42. The number of nitrogens with zero attached hydrogens (tertiary/aromatic N) is 1. The molecule has 0 amide bonds. The van der Waals surface area contributed by atoms with Crippen LogP contribution in [-0.4, -0.2) is 37.8 Å². The number of terminal acetylenes is 1. The highest BCUT2D eigenvalue weighted by Gasteiger charge is 2.50. The summed E-state index contributed by atoms with van der Waals surface area (Å²) in [5.41, 5.74) is 0. The molecule has 1 atom stereocenters. The first-order valence-electron chi connectivity index (χ1n) is 5.68. The normalized spacial score (nSPS) is 24.9. The zero-order chi connectivity index (χ0) is 12.6. The number of carboxylic acid groups (broad SMARTS) is 1. The topological polar surface area (TPSA) is 40.5 Å². The van der Waals surface area contributed by atoms with Gasteiger partial charge >= 0.3 is 5.97 Å². The highest BCUT2D eigenvalue weighted by atomic mass is 28.4. The Kier molecular flexibility index (Phi) is 3.67. The molecule has 5 heteroatoms. The molecular formula is C11H21NO2Si2. The predicted octanol–water partition coefficient (Wildman–Crippen LogP) is 2.19. The summed E-state index contributed by atoms with van der Waals surface area (Å²) in [6.07, 6.45) is 5.62. The third kappa shape index (κ3) is 2.56. The van der Waals surface area contributed by atoms with Gasteiger partial charge in [0.25, 0.3) is 0 Å². The summed E-state index contributed by atoms with van der Waals surface area (Å²) in [4.78, 5) is 10.9. The minimum atomic E-state index is -1.47. The predicted molar refractivity (Wildman–Crippen MR) is 71.3 cm³/mol. The maximum Gasteiger partial charge on any atom is 0.305 e. The van der Waals surface area contributed by atoms with Gasteiger partial charge < -0.3 is 9.34 Å². The van der Waals surface area contributed by atoms with Crippen LogP contribution in [0.1, 0.15) is 6.42 Å². The van der Waals surface area contributed by atoms with Crippen LogP contribution in [0, 0.1) is 12.3 Å². The average Bonchev–Trinajstić information content (AvgIpc) is 2.33. The van der Waals surface area contributed by atoms with Crippen LogP contribution in [-0.2, 0) is 4.79 Å². The minimum absolute atomic E-state index is 0.0867. The van der Waals surface area contributed by atoms with E-state index in [0.29, 0.717) is 0 Å². The van der Waals surface area contributed by atoms with Crippen molar-refractivity contribution in [1.29, 1.82) is 0 Å². The molecule has 1 aliphatic heterocycles. The molecule has 1 fully saturated rings. The van der Waals surface area contributed by atoms with E-state index in [4.69, 9.17) is 11.5 Å². The maximum absolute atomic E-state index is 10.9. The van der Waals surface area contributed by atoms with Crippen molar-refractivity contribution >= 4 is 22.4 Å². The number of carbonyl (C=O) groups is 1. The van der Waals surface area contributed by atoms with Crippen molar-refractivity contribution in [3.05, 3.63) is 0 Å². The van der Waals surface area contributed by atoms with Crippen LogP contribution < -0.4 is 0 Å². The summed E-state index contributed by atoms with van der Waals surface area (Å²) < 4.78 is 2.47. The molecule has 90 valence electrons. The van der Waals surface area contributed by atoms with E-state index >= 15 is 0 Å². The number of hydrogen-bond acceptors (Lipinski definition) is 2. The van der Waals surface area contributed by atoms with Gasteiger partial charge in [-0.05, 0) is 12.1 Å². The van der Waals surface area contributed by atoms with Gasteiger partial charge in [0.2, 0.25) is 0 Å². The summed E-state index contributed by atoms with van der Waals surface area (Å²) in [7, 11) is -2.93. The second-order valence-electron chi connectivity index (χ2n) is 5.78. The van der Waals surface area contributed by atoms with E-state index < -0.39 is 22.4 Å². The lowest BCUT2D eigenvalue weighted by atomic mass is 10.2. The Hall–Kier alpha value is -0.576. The minimum Gasteiger partial charge on any atom is -0.481 e. The Bertz CT molecular complexity index is 317. The van der Waals surface area contributed by atoms with Crippen molar-refractivity contribution in [2.45, 2.75) is 50.7 Å². The molecule has 3 nitrogen and oxygen atoms in total. The van der Waals surface area contributed by atoms with Crippen LogP contribution in [0.4, 0.5) is 0 Å². The van der Waals surface area contributed by atoms with Gasteiger partial charge in [-0.25, -0.2) is 0 Å². The molecule has 0 spiro atoms. The molecule has 1 heterocycles. The van der Waals surface area contributed by atoms with Gasteiger partial charge in [0.05, 0.1) is 12.5 Å². The monoisotopic (exact) mass is 255 g/mol. The SMILES string of the molecule is C#CC(CC(=O)O)N1[Si](C)(C)CC[Si]1(C)C. The molecule has 16 heavy (non-hydrogen) atoms. The van der Waals surface area contributed by atoms with Crippen LogP contribution >= 0.6 is 0 Å². The number of carboxylic acids is 1. The van der Waals surface area contributed by atoms with Crippen molar-refractivity contribution in [2.75, 3.05) is 0 Å². The zero-order valence-corrected chi connectivity index (χ0v) is 12.6. The first-order valence-corrected chi connectivity index (χ1v) is 12.0. The lowest BCUT2D eigenvalue weighted by molar-refractivity contribution is -0.137. The van der Waals surface area contributed by atoms with Gasteiger partial charge in [-0.1, -0.05) is 32.1 Å². The molecule has 1 rings (SSSR count). The number of aliphatic carboxylic acids is 1. The Morgan fingerprint density at radius 1 is 1.38 bits per heavy atom. The molecule has 0 bridgehead atoms. The summed E-state index contributed by atoms with van der Waals surface area (Å²) >= 11 is 0. The Morgan fingerprint density at radius 3 is 2.12 bits per heavy atom. The molecule has 1 unspecified atom stereocenters. The molecule has 0 radical (unpaired) electrons. The van der Waals surface area contributed by atoms with Gasteiger partial charge in [-0.3, -0.25) is 4.79 Å². The van der Waals surface area contributed by atoms with Crippen LogP contribution in [0.25, 0.3) is 0 Å². The molecule has 0 aromatic carbocycles. The van der Waals surface area contributed by atoms with Crippen LogP contribution in [0.5, 0.6) is 0 Å². The van der Waals surface area contributed by atoms with E-state index in [0.717, 1.165) is 0 Å². The fourth-order valence-electron chi connectivity index (χ4n) is 2.91. The Morgan fingerprint density at radius 2 is 1.81 bits per heavy atom. The van der Waals surface area contributed by atoms with Crippen molar-refractivity contribution in [2.24, 2.45) is 0 Å². The second-order valence-corrected chi connectivity index (χ2v) is 15.4. The molecule has 0 saturated carbocycles. The molecule has 0 aliphatic carbocycles. The van der Waals surface area contributed by atoms with E-state index in [1.54, 1.807) is 0 Å². The standard InChI is InChI=1S/C11H21NO2Si2/c1-6-10(9-11(13)14)12-15(2,3)7-8-16(12,4)5/h1,10H,7-9H2,2-5H3,(H,13,14). The highest BCUT2D eigenvalue weighted by Crippen LogP contribution is 2.38. The van der Waals surface area contributed by atoms with E-state index in [9.17, 15) is 4.79 Å². The van der Waals surface area contributed by atoms with Crippen molar-refractivity contribution < 1.29 is 9.90 Å². The zero-order valence-electron chi connectivity index (χ0n) is 10.6.